The second kappa shape index (κ2) is 38.6. The van der Waals surface area contributed by atoms with Gasteiger partial charge in [0.2, 0.25) is 5.28 Å². The maximum Gasteiger partial charge on any atom is 0.353 e. The second-order valence-electron chi connectivity index (χ2n) is 16.9. The minimum absolute atomic E-state index is 0.0619. The molecule has 418 valence electrons. The summed E-state index contributed by atoms with van der Waals surface area (Å²) in [7, 11) is -4.40. The fourth-order valence-electron chi connectivity index (χ4n) is 7.31. The largest absolute Gasteiger partial charge is 0.379 e. The van der Waals surface area contributed by atoms with Crippen molar-refractivity contribution < 1.29 is 85.6 Å². The predicted octanol–water partition coefficient (Wildman–Crippen LogP) is 2.34. The highest BCUT2D eigenvalue weighted by atomic mass is 35.5. The van der Waals surface area contributed by atoms with Crippen LogP contribution in [0.15, 0.2) is 6.20 Å². The lowest BCUT2D eigenvalue weighted by Gasteiger charge is -2.54. The average Bonchev–Trinajstić information content (AvgIpc) is 3.81. The van der Waals surface area contributed by atoms with Gasteiger partial charge in [0.1, 0.15) is 17.3 Å². The van der Waals surface area contributed by atoms with Crippen molar-refractivity contribution in [3.05, 3.63) is 22.7 Å². The molecular weight excluding hydrogens is 1010 g/mol. The van der Waals surface area contributed by atoms with Crippen molar-refractivity contribution in [2.45, 2.75) is 58.3 Å². The van der Waals surface area contributed by atoms with E-state index in [0.29, 0.717) is 190 Å². The van der Waals surface area contributed by atoms with E-state index in [2.05, 4.69) is 25.8 Å². The van der Waals surface area contributed by atoms with Crippen molar-refractivity contribution in [3.63, 3.8) is 0 Å². The molecule has 0 unspecified atom stereocenters. The molecule has 28 heteroatoms. The Morgan fingerprint density at radius 1 is 0.712 bits per heavy atom. The van der Waals surface area contributed by atoms with E-state index in [1.807, 2.05) is 11.1 Å². The van der Waals surface area contributed by atoms with E-state index < -0.39 is 13.9 Å². The Balaban J connectivity index is 0.829. The number of nitrogens with zero attached hydrogens (tertiary/aromatic N) is 6. The zero-order valence-corrected chi connectivity index (χ0v) is 43.9. The second-order valence-corrected chi connectivity index (χ2v) is 18.8. The van der Waals surface area contributed by atoms with Gasteiger partial charge in [0.05, 0.1) is 190 Å². The SMILES string of the molecule is CC(=O)CCOCCOCCOCCOCCOCCOCCOCCOCCn1cc(COCCOCCOCCOCCOC2CCC3(CC2)CN(c2nc(Cl)nc(NOCP(=O)(O)O)c2C=N)C3)nn1. The van der Waals surface area contributed by atoms with Gasteiger partial charge in [-0.2, -0.15) is 9.97 Å². The Morgan fingerprint density at radius 2 is 1.16 bits per heavy atom. The number of Topliss-reactive ketones (excluding diaryl/α,β-unsaturated/α-hetero) is 1. The molecule has 0 aromatic carbocycles. The van der Waals surface area contributed by atoms with Crippen LogP contribution in [0.3, 0.4) is 0 Å². The van der Waals surface area contributed by atoms with Gasteiger partial charge in [-0.25, -0.2) is 10.2 Å². The predicted molar refractivity (Wildman–Crippen MR) is 263 cm³/mol. The van der Waals surface area contributed by atoms with E-state index in [0.717, 1.165) is 50.7 Å². The first kappa shape index (κ1) is 62.6. The van der Waals surface area contributed by atoms with Crippen LogP contribution in [0.1, 0.15) is 50.3 Å². The number of anilines is 2. The van der Waals surface area contributed by atoms with Crippen LogP contribution in [-0.4, -0.2) is 231 Å². The van der Waals surface area contributed by atoms with E-state index in [1.54, 1.807) is 11.6 Å². The first-order valence-corrected chi connectivity index (χ1v) is 26.9. The summed E-state index contributed by atoms with van der Waals surface area (Å²) in [6.07, 6.45) is 6.48. The summed E-state index contributed by atoms with van der Waals surface area (Å²) in [5.74, 6) is 0.645. The molecule has 1 aliphatic carbocycles. The van der Waals surface area contributed by atoms with E-state index in [1.165, 1.54) is 0 Å². The lowest BCUT2D eigenvalue weighted by molar-refractivity contribution is -0.118. The maximum absolute atomic E-state index is 11.1. The van der Waals surface area contributed by atoms with Crippen LogP contribution in [0.2, 0.25) is 5.28 Å². The van der Waals surface area contributed by atoms with Gasteiger partial charge in [-0.1, -0.05) is 5.21 Å². The van der Waals surface area contributed by atoms with Crippen LogP contribution in [0.4, 0.5) is 11.6 Å². The number of hydrogen-bond donors (Lipinski definition) is 4. The fourth-order valence-corrected chi connectivity index (χ4v) is 7.70. The summed E-state index contributed by atoms with van der Waals surface area (Å²) in [6.45, 7) is 15.1. The third-order valence-electron chi connectivity index (χ3n) is 11.0. The molecule has 2 aromatic rings. The molecule has 0 bridgehead atoms. The first-order valence-electron chi connectivity index (χ1n) is 24.7. The maximum atomic E-state index is 11.1. The molecular formula is C45H78ClN8O18P. The summed E-state index contributed by atoms with van der Waals surface area (Å²) >= 11 is 6.13. The number of carbonyl (C=O) groups is 1. The molecule has 0 atom stereocenters. The summed E-state index contributed by atoms with van der Waals surface area (Å²) in [6, 6.07) is 0. The van der Waals surface area contributed by atoms with Crippen LogP contribution in [-0.2, 0) is 88.9 Å². The van der Waals surface area contributed by atoms with Crippen LogP contribution < -0.4 is 10.4 Å². The van der Waals surface area contributed by atoms with Gasteiger partial charge in [0.15, 0.2) is 12.2 Å². The molecule has 26 nitrogen and oxygen atoms in total. The van der Waals surface area contributed by atoms with Gasteiger partial charge in [-0.05, 0) is 44.2 Å². The highest BCUT2D eigenvalue weighted by molar-refractivity contribution is 7.51. The molecule has 4 N–H and O–H groups in total. The van der Waals surface area contributed by atoms with Crippen molar-refractivity contribution in [3.8, 4) is 0 Å². The Kier molecular flexibility index (Phi) is 33.1. The number of aromatic nitrogens is 5. The minimum atomic E-state index is -4.40. The molecule has 3 heterocycles. The molecule has 1 aliphatic heterocycles. The summed E-state index contributed by atoms with van der Waals surface area (Å²) in [5.41, 5.74) is 3.55. The van der Waals surface area contributed by atoms with Crippen LogP contribution in [0.5, 0.6) is 0 Å². The van der Waals surface area contributed by atoms with Gasteiger partial charge in [0.25, 0.3) is 0 Å². The monoisotopic (exact) mass is 1080 g/mol. The Labute approximate surface area is 432 Å². The van der Waals surface area contributed by atoms with Crippen molar-refractivity contribution in [2.75, 3.05) is 188 Å². The van der Waals surface area contributed by atoms with Crippen molar-refractivity contribution in [1.82, 2.24) is 25.0 Å². The number of hydrogen-bond acceptors (Lipinski definition) is 23. The smallest absolute Gasteiger partial charge is 0.353 e. The van der Waals surface area contributed by atoms with E-state index in [4.69, 9.17) is 93.2 Å². The Morgan fingerprint density at radius 3 is 1.63 bits per heavy atom. The van der Waals surface area contributed by atoms with Gasteiger partial charge in [0, 0.05) is 31.1 Å². The molecule has 0 radical (unpaired) electrons. The van der Waals surface area contributed by atoms with Gasteiger partial charge in [-0.3, -0.25) is 14.2 Å². The molecule has 1 saturated heterocycles. The van der Waals surface area contributed by atoms with Gasteiger partial charge >= 0.3 is 7.60 Å². The zero-order chi connectivity index (χ0) is 52.1. The lowest BCUT2D eigenvalue weighted by Crippen LogP contribution is -2.58. The molecule has 1 saturated carbocycles. The molecule has 73 heavy (non-hydrogen) atoms. The summed E-state index contributed by atoms with van der Waals surface area (Å²) in [4.78, 5) is 44.2. The highest BCUT2D eigenvalue weighted by Gasteiger charge is 2.46. The average molecular weight is 1090 g/mol. The zero-order valence-electron chi connectivity index (χ0n) is 42.2. The Hall–Kier alpha value is -2.96. The van der Waals surface area contributed by atoms with E-state index in [-0.39, 0.29) is 28.4 Å². The van der Waals surface area contributed by atoms with Gasteiger partial charge in [-0.15, -0.1) is 5.10 Å². The summed E-state index contributed by atoms with van der Waals surface area (Å²) < 4.78 is 85.3. The molecule has 4 rings (SSSR count). The number of carbonyl (C=O) groups excluding carboxylic acids is 1. The van der Waals surface area contributed by atoms with Gasteiger partial charge < -0.3 is 81.7 Å². The number of rotatable bonds is 48. The lowest BCUT2D eigenvalue weighted by atomic mass is 9.68. The third kappa shape index (κ3) is 29.2. The Bertz CT molecular complexity index is 1810. The van der Waals surface area contributed by atoms with Crippen LogP contribution >= 0.6 is 19.2 Å². The molecule has 1 spiro atoms. The normalized spacial score (nSPS) is 14.8. The molecule has 0 amide bonds. The first-order chi connectivity index (χ1) is 35.6. The van der Waals surface area contributed by atoms with Crippen LogP contribution in [0.25, 0.3) is 0 Å². The molecule has 2 aliphatic rings. The van der Waals surface area contributed by atoms with Crippen molar-refractivity contribution in [1.29, 1.82) is 5.41 Å². The number of ether oxygens (including phenoxy) is 13. The van der Waals surface area contributed by atoms with E-state index in [9.17, 15) is 9.36 Å². The number of halogens is 1. The third-order valence-corrected chi connectivity index (χ3v) is 11.6. The van der Waals surface area contributed by atoms with Crippen molar-refractivity contribution >= 4 is 42.8 Å². The van der Waals surface area contributed by atoms with Crippen molar-refractivity contribution in [2.24, 2.45) is 5.41 Å². The molecule has 2 aromatic heterocycles. The quantitative estimate of drug-likeness (QED) is 0.0243. The molecule has 2 fully saturated rings. The topological polar surface area (TPSA) is 299 Å². The highest BCUT2D eigenvalue weighted by Crippen LogP contribution is 2.47. The minimum Gasteiger partial charge on any atom is -0.379 e. The van der Waals surface area contributed by atoms with E-state index >= 15 is 0 Å². The number of ketones is 1. The summed E-state index contributed by atoms with van der Waals surface area (Å²) in [5, 5.41) is 16.1. The standard InChI is InChI=1S/C45H78ClN8O18P/c1-38(55)4-8-59-10-12-61-14-16-63-18-20-65-22-23-66-21-19-64-17-15-62-13-11-60-9-7-54-33-39(50-52-54)34-70-29-28-68-25-24-67-26-27-69-30-31-71-40-2-5-45(6-3-40)35-53(36-45)43-41(32-47)42(48-44(46)49-43)51-72-37-73(56,57)58/h32-33,40,47H,2-31,34-37H2,1H3,(H,48,49,51)(H2,56,57,58). The number of nitrogens with one attached hydrogen (secondary N) is 2. The van der Waals surface area contributed by atoms with Crippen LogP contribution in [0, 0.1) is 10.8 Å². The fraction of sp³-hybridized carbons (Fsp3) is 0.822.